The number of carbonyl (C=O) groups is 17. The number of aliphatic carboxylic acids is 1. The van der Waals surface area contributed by atoms with Crippen molar-refractivity contribution in [2.45, 2.75) is 246 Å². The van der Waals surface area contributed by atoms with Crippen molar-refractivity contribution < 1.29 is 91.7 Å². The number of amides is 16. The Morgan fingerprint density at radius 3 is 1.16 bits per heavy atom. The molecule has 0 spiro atoms. The Morgan fingerprint density at radius 1 is 0.359 bits per heavy atom. The van der Waals surface area contributed by atoms with E-state index in [2.05, 4.69) is 79.8 Å². The lowest BCUT2D eigenvalue weighted by Crippen LogP contribution is -2.62. The maximum atomic E-state index is 14.6. The van der Waals surface area contributed by atoms with Gasteiger partial charge in [-0.2, -0.15) is 0 Å². The number of aliphatic hydroxyl groups is 1. The van der Waals surface area contributed by atoms with E-state index in [4.69, 9.17) is 22.9 Å². The molecule has 117 heavy (non-hydrogen) atoms. The van der Waals surface area contributed by atoms with Crippen molar-refractivity contribution in [2.75, 3.05) is 39.3 Å². The lowest BCUT2D eigenvalue weighted by molar-refractivity contribution is -0.142. The first-order chi connectivity index (χ1) is 55.1. The average molecular weight is 1650 g/mol. The van der Waals surface area contributed by atoms with Gasteiger partial charge >= 0.3 is 5.97 Å². The van der Waals surface area contributed by atoms with Crippen LogP contribution < -0.4 is 103 Å². The van der Waals surface area contributed by atoms with Crippen LogP contribution in [0.15, 0.2) is 60.7 Å². The fourth-order valence-electron chi connectivity index (χ4n) is 12.0. The molecule has 0 aromatic heterocycles. The molecule has 0 aliphatic heterocycles. The van der Waals surface area contributed by atoms with Gasteiger partial charge in [0.2, 0.25) is 94.5 Å². The van der Waals surface area contributed by atoms with Gasteiger partial charge in [0.25, 0.3) is 0 Å². The minimum atomic E-state index is -1.84. The number of aliphatic hydroxyl groups excluding tert-OH is 1. The molecule has 16 amide bonds. The number of nitrogens with two attached hydrogens (primary N) is 4. The molecule has 38 heteroatoms. The topological polar surface area (TPSA) is 615 Å². The van der Waals surface area contributed by atoms with E-state index >= 15 is 0 Å². The Labute approximate surface area is 684 Å². The van der Waals surface area contributed by atoms with E-state index in [9.17, 15) is 91.7 Å². The van der Waals surface area contributed by atoms with Gasteiger partial charge in [0.15, 0.2) is 0 Å². The van der Waals surface area contributed by atoms with Crippen LogP contribution in [0.25, 0.3) is 0 Å². The van der Waals surface area contributed by atoms with Crippen LogP contribution in [0, 0.1) is 35.5 Å². The fourth-order valence-corrected chi connectivity index (χ4v) is 12.0. The molecule has 0 radical (unpaired) electrons. The third kappa shape index (κ3) is 38.3. The SMILES string of the molecule is CC[C@H](C)[C@H](NC(=O)[C@H](CC(=O)O)NC(=O)[C@H](Cc1ccccc1)NC(=O)[C@H](CC(C)C)NC(=O)CN)C(=O)N[C@H](C(=O)N[C@@H](CCCCN)C(=O)N[C@@H](CCCCN)C(=O)N[C@H](C(=O)N[C@H](C(=O)NCC(=O)N[C@@H](C)C(=O)N[C@@H](Cc1ccccc1)C(=O)NCC(=O)N[C@@H](CO)C(=O)N[C@@H](CC(C)C)C(N)=O)C(C)C)C(C)C)C(C)C. The molecule has 0 saturated carbocycles. The summed E-state index contributed by atoms with van der Waals surface area (Å²) < 4.78 is 0. The maximum absolute atomic E-state index is 14.6. The molecule has 0 aliphatic carbocycles. The van der Waals surface area contributed by atoms with Crippen molar-refractivity contribution in [3.05, 3.63) is 71.8 Å². The minimum Gasteiger partial charge on any atom is -0.481 e. The van der Waals surface area contributed by atoms with Gasteiger partial charge in [0, 0.05) is 12.8 Å². The molecule has 2 aromatic carbocycles. The zero-order valence-corrected chi connectivity index (χ0v) is 69.6. The Hall–Kier alpha value is -10.7. The Kier molecular flexibility index (Phi) is 46.8. The Balaban J connectivity index is 2.34. The van der Waals surface area contributed by atoms with Gasteiger partial charge in [-0.3, -0.25) is 81.5 Å². The first-order valence-corrected chi connectivity index (χ1v) is 39.9. The number of carboxylic acids is 1. The lowest BCUT2D eigenvalue weighted by Gasteiger charge is -2.31. The highest BCUT2D eigenvalue weighted by Gasteiger charge is 2.40. The molecule has 0 fully saturated rings. The standard InChI is InChI=1S/C79H129N19O19/c1-14-47(12)66(98-74(112)57(37-62(103)104)94-73(111)56(36-50-27-19-16-20-28-50)93-72(110)54(34-43(4)5)87-59(100)38-82)79(117)97-64(45(8)9)77(115)90-51(29-21-23-31-80)70(108)89-52(30-22-24-32-81)71(109)95-65(46(10)11)78(116)96-63(44(6)7)76(114)85-39-60(101)86-48(13)68(106)92-55(35-49-25-17-15-18-26-49)69(107)84-40-61(102)88-58(41-99)75(113)91-53(67(83)105)33-42(2)3/h15-20,25-28,42-48,51-58,63-66,99H,14,21-24,29-41,80-82H2,1-13H3,(H2,83,105)(H,84,107)(H,85,114)(H,86,101)(H,87,100)(H,88,102)(H,89,108)(H,90,115)(H,91,113)(H,92,106)(H,93,110)(H,94,111)(H,95,109)(H,96,116)(H,97,117)(H,98,112)(H,103,104)/t47-,48-,51-,52-,53-,54-,55-,56-,57-,58-,63-,64-,65-,66-/m0/s1. The highest BCUT2D eigenvalue weighted by molar-refractivity contribution is 6.01. The van der Waals surface area contributed by atoms with E-state index in [1.165, 1.54) is 6.92 Å². The minimum absolute atomic E-state index is 0.0165. The summed E-state index contributed by atoms with van der Waals surface area (Å²) in [4.78, 5) is 232. The number of nitrogens with one attached hydrogen (secondary N) is 15. The third-order valence-electron chi connectivity index (χ3n) is 18.9. The number of rotatable bonds is 55. The van der Waals surface area contributed by atoms with Crippen LogP contribution in [0.2, 0.25) is 0 Å². The summed E-state index contributed by atoms with van der Waals surface area (Å²) in [6, 6.07) is -1.07. The summed E-state index contributed by atoms with van der Waals surface area (Å²) >= 11 is 0. The summed E-state index contributed by atoms with van der Waals surface area (Å²) in [5, 5.41) is 58.1. The van der Waals surface area contributed by atoms with E-state index in [-0.39, 0.29) is 76.3 Å². The van der Waals surface area contributed by atoms with Crippen LogP contribution in [0.1, 0.15) is 165 Å². The van der Waals surface area contributed by atoms with Crippen molar-refractivity contribution in [3.8, 4) is 0 Å². The van der Waals surface area contributed by atoms with Crippen molar-refractivity contribution in [1.29, 1.82) is 0 Å². The summed E-state index contributed by atoms with van der Waals surface area (Å²) in [6.07, 6.45) is 0.690. The zero-order chi connectivity index (χ0) is 88.3. The molecule has 38 nitrogen and oxygen atoms in total. The molecule has 2 rings (SSSR count). The first kappa shape index (κ1) is 102. The smallest absolute Gasteiger partial charge is 0.305 e. The maximum Gasteiger partial charge on any atom is 0.305 e. The quantitative estimate of drug-likeness (QED) is 0.0284. The van der Waals surface area contributed by atoms with Gasteiger partial charge in [0.1, 0.15) is 78.5 Å². The molecule has 14 atom stereocenters. The van der Waals surface area contributed by atoms with Gasteiger partial charge < -0.3 is 113 Å². The van der Waals surface area contributed by atoms with Crippen LogP contribution in [-0.4, -0.2) is 229 Å². The highest BCUT2D eigenvalue weighted by Crippen LogP contribution is 2.17. The van der Waals surface area contributed by atoms with E-state index in [0.29, 0.717) is 30.4 Å². The van der Waals surface area contributed by atoms with E-state index in [0.717, 1.165) is 0 Å². The number of unbranched alkanes of at least 4 members (excludes halogenated alkanes) is 2. The lowest BCUT2D eigenvalue weighted by atomic mass is 9.95. The van der Waals surface area contributed by atoms with Gasteiger partial charge in [-0.15, -0.1) is 0 Å². The summed E-state index contributed by atoms with van der Waals surface area (Å²) in [6.45, 7) is 19.1. The first-order valence-electron chi connectivity index (χ1n) is 39.9. The normalized spacial score (nSPS) is 14.9. The molecule has 654 valence electrons. The molecule has 0 aliphatic rings. The van der Waals surface area contributed by atoms with Crippen LogP contribution in [0.4, 0.5) is 0 Å². The second kappa shape index (κ2) is 53.5. The van der Waals surface area contributed by atoms with Crippen LogP contribution in [0.3, 0.4) is 0 Å². The molecular weight excluding hydrogens is 1520 g/mol. The summed E-state index contributed by atoms with van der Waals surface area (Å²) in [7, 11) is 0. The fraction of sp³-hybridized carbons (Fsp3) is 0.633. The highest BCUT2D eigenvalue weighted by atomic mass is 16.4. The Morgan fingerprint density at radius 2 is 0.709 bits per heavy atom. The van der Waals surface area contributed by atoms with Crippen LogP contribution in [-0.2, 0) is 94.3 Å². The van der Waals surface area contributed by atoms with Crippen LogP contribution >= 0.6 is 0 Å². The second-order valence-corrected chi connectivity index (χ2v) is 31.0. The van der Waals surface area contributed by atoms with E-state index in [1.54, 1.807) is 130 Å². The number of carbonyl (C=O) groups excluding carboxylic acids is 16. The number of carboxylic acid groups (broad SMARTS) is 1. The third-order valence-corrected chi connectivity index (χ3v) is 18.9. The predicted molar refractivity (Wildman–Crippen MR) is 433 cm³/mol. The molecule has 0 heterocycles. The monoisotopic (exact) mass is 1650 g/mol. The van der Waals surface area contributed by atoms with Gasteiger partial charge in [-0.25, -0.2) is 0 Å². The molecule has 0 unspecified atom stereocenters. The average Bonchev–Trinajstić information content (AvgIpc) is 0.890. The van der Waals surface area contributed by atoms with Gasteiger partial charge in [-0.1, -0.05) is 150 Å². The molecule has 0 saturated heterocycles. The van der Waals surface area contributed by atoms with Gasteiger partial charge in [-0.05, 0) is 118 Å². The molecule has 0 bridgehead atoms. The largest absolute Gasteiger partial charge is 0.481 e. The molecule has 25 N–H and O–H groups in total. The van der Waals surface area contributed by atoms with E-state index in [1.807, 2.05) is 13.8 Å². The van der Waals surface area contributed by atoms with Gasteiger partial charge in [0.05, 0.1) is 32.7 Å². The summed E-state index contributed by atoms with van der Waals surface area (Å²) in [5.74, 6) is -18.2. The second-order valence-electron chi connectivity index (χ2n) is 31.0. The number of benzene rings is 2. The van der Waals surface area contributed by atoms with E-state index < -0.39 is 235 Å². The number of hydrogen-bond donors (Lipinski definition) is 21. The summed E-state index contributed by atoms with van der Waals surface area (Å²) in [5.41, 5.74) is 23.8. The van der Waals surface area contributed by atoms with Crippen molar-refractivity contribution >= 4 is 100 Å². The number of primary amides is 1. The van der Waals surface area contributed by atoms with Crippen molar-refractivity contribution in [2.24, 2.45) is 58.4 Å². The van der Waals surface area contributed by atoms with Crippen LogP contribution in [0.5, 0.6) is 0 Å². The molecule has 2 aromatic rings. The molecular formula is C79H129N19O19. The zero-order valence-electron chi connectivity index (χ0n) is 69.6. The van der Waals surface area contributed by atoms with Crippen molar-refractivity contribution in [3.63, 3.8) is 0 Å². The Bertz CT molecular complexity index is 3610. The predicted octanol–water partition coefficient (Wildman–Crippen LogP) is -3.70. The number of hydrogen-bond acceptors (Lipinski definition) is 21. The van der Waals surface area contributed by atoms with Crippen molar-refractivity contribution in [1.82, 2.24) is 79.8 Å².